The summed E-state index contributed by atoms with van der Waals surface area (Å²) in [5, 5.41) is 22.5. The van der Waals surface area contributed by atoms with Crippen molar-refractivity contribution in [3.8, 4) is 11.3 Å². The van der Waals surface area contributed by atoms with Gasteiger partial charge in [0.2, 0.25) is 0 Å². The molecule has 1 aromatic heterocycles. The van der Waals surface area contributed by atoms with Gasteiger partial charge in [0, 0.05) is 30.3 Å². The van der Waals surface area contributed by atoms with Crippen LogP contribution >= 0.6 is 0 Å². The summed E-state index contributed by atoms with van der Waals surface area (Å²) in [6.07, 6.45) is 6.37. The number of non-ortho nitro benzene ring substituents is 1. The van der Waals surface area contributed by atoms with Gasteiger partial charge in [-0.05, 0) is 25.8 Å². The Kier molecular flexibility index (Phi) is 4.43. The van der Waals surface area contributed by atoms with E-state index in [1.807, 2.05) is 10.7 Å². The van der Waals surface area contributed by atoms with Crippen molar-refractivity contribution >= 4 is 5.69 Å². The van der Waals surface area contributed by atoms with Crippen LogP contribution in [-0.4, -0.2) is 32.5 Å². The van der Waals surface area contributed by atoms with Crippen LogP contribution in [0.4, 0.5) is 5.69 Å². The van der Waals surface area contributed by atoms with Crippen LogP contribution in [0.3, 0.4) is 0 Å². The van der Waals surface area contributed by atoms with Gasteiger partial charge in [0.15, 0.2) is 0 Å². The third-order valence-electron chi connectivity index (χ3n) is 4.07. The van der Waals surface area contributed by atoms with E-state index in [4.69, 9.17) is 0 Å². The first kappa shape index (κ1) is 14.6. The molecule has 1 aromatic carbocycles. The minimum absolute atomic E-state index is 0.0826. The summed E-state index contributed by atoms with van der Waals surface area (Å²) in [6, 6.07) is 7.11. The van der Waals surface area contributed by atoms with Crippen LogP contribution < -0.4 is 5.32 Å². The molecule has 7 nitrogen and oxygen atoms in total. The second-order valence-electron chi connectivity index (χ2n) is 5.59. The van der Waals surface area contributed by atoms with E-state index < -0.39 is 0 Å². The number of nitro groups is 1. The summed E-state index contributed by atoms with van der Waals surface area (Å²) in [4.78, 5) is 10.5. The highest BCUT2D eigenvalue weighted by Gasteiger charge is 2.15. The highest BCUT2D eigenvalue weighted by molar-refractivity contribution is 5.61. The fourth-order valence-electron chi connectivity index (χ4n) is 2.87. The highest BCUT2D eigenvalue weighted by Crippen LogP contribution is 2.23. The molecule has 0 bridgehead atoms. The smallest absolute Gasteiger partial charge is 0.270 e. The number of nitrogens with one attached hydrogen (secondary N) is 1. The SMILES string of the molecule is O=[N+]([O-])c1cccc(-c2cnnn2CCC2CCCCN2)c1. The first-order valence-corrected chi connectivity index (χ1v) is 7.61. The molecule has 0 amide bonds. The second-order valence-corrected chi connectivity index (χ2v) is 5.59. The largest absolute Gasteiger partial charge is 0.314 e. The Morgan fingerprint density at radius 1 is 1.41 bits per heavy atom. The van der Waals surface area contributed by atoms with Gasteiger partial charge < -0.3 is 5.32 Å². The summed E-state index contributed by atoms with van der Waals surface area (Å²) in [6.45, 7) is 1.84. The zero-order valence-electron chi connectivity index (χ0n) is 12.3. The van der Waals surface area contributed by atoms with Gasteiger partial charge in [-0.1, -0.05) is 23.8 Å². The van der Waals surface area contributed by atoms with Crippen LogP contribution in [0.5, 0.6) is 0 Å². The summed E-state index contributed by atoms with van der Waals surface area (Å²) >= 11 is 0. The number of benzene rings is 1. The molecular formula is C15H19N5O2. The third-order valence-corrected chi connectivity index (χ3v) is 4.07. The van der Waals surface area contributed by atoms with Gasteiger partial charge in [0.05, 0.1) is 16.8 Å². The second kappa shape index (κ2) is 6.65. The number of rotatable bonds is 5. The zero-order chi connectivity index (χ0) is 15.4. The van der Waals surface area contributed by atoms with E-state index in [1.54, 1.807) is 18.3 Å². The summed E-state index contributed by atoms with van der Waals surface area (Å²) < 4.78 is 1.83. The average Bonchev–Trinajstić information content (AvgIpc) is 3.02. The van der Waals surface area contributed by atoms with Crippen molar-refractivity contribution < 1.29 is 4.92 Å². The molecule has 1 fully saturated rings. The molecule has 0 saturated carbocycles. The molecule has 1 unspecified atom stereocenters. The van der Waals surface area contributed by atoms with E-state index in [0.717, 1.165) is 30.8 Å². The molecule has 1 N–H and O–H groups in total. The molecule has 0 spiro atoms. The maximum atomic E-state index is 10.9. The molecule has 1 saturated heterocycles. The van der Waals surface area contributed by atoms with Gasteiger partial charge in [0.1, 0.15) is 0 Å². The molecule has 7 heteroatoms. The highest BCUT2D eigenvalue weighted by atomic mass is 16.6. The van der Waals surface area contributed by atoms with Crippen molar-refractivity contribution in [3.63, 3.8) is 0 Å². The minimum atomic E-state index is -0.385. The summed E-state index contributed by atoms with van der Waals surface area (Å²) in [5.74, 6) is 0. The Bertz CT molecular complexity index is 649. The number of piperidine rings is 1. The van der Waals surface area contributed by atoms with Crippen LogP contribution in [-0.2, 0) is 6.54 Å². The van der Waals surface area contributed by atoms with Crippen LogP contribution in [0.1, 0.15) is 25.7 Å². The molecule has 3 rings (SSSR count). The maximum absolute atomic E-state index is 10.9. The van der Waals surface area contributed by atoms with Gasteiger partial charge in [0.25, 0.3) is 5.69 Å². The van der Waals surface area contributed by atoms with Gasteiger partial charge in [-0.15, -0.1) is 5.10 Å². The van der Waals surface area contributed by atoms with Crippen LogP contribution in [0.2, 0.25) is 0 Å². The fourth-order valence-corrected chi connectivity index (χ4v) is 2.87. The molecule has 22 heavy (non-hydrogen) atoms. The molecular weight excluding hydrogens is 282 g/mol. The van der Waals surface area contributed by atoms with Gasteiger partial charge >= 0.3 is 0 Å². The Morgan fingerprint density at radius 2 is 2.32 bits per heavy atom. The van der Waals surface area contributed by atoms with Gasteiger partial charge in [-0.3, -0.25) is 10.1 Å². The molecule has 2 aromatic rings. The molecule has 0 radical (unpaired) electrons. The van der Waals surface area contributed by atoms with Gasteiger partial charge in [-0.25, -0.2) is 4.68 Å². The number of nitro benzene ring substituents is 1. The molecule has 2 heterocycles. The lowest BCUT2D eigenvalue weighted by Crippen LogP contribution is -2.34. The standard InChI is InChI=1S/C15H19N5O2/c21-20(22)14-6-3-4-12(10-14)15-11-17-18-19(15)9-7-13-5-1-2-8-16-13/h3-4,6,10-11,13,16H,1-2,5,7-9H2. The average molecular weight is 301 g/mol. The monoisotopic (exact) mass is 301 g/mol. The lowest BCUT2D eigenvalue weighted by molar-refractivity contribution is -0.384. The van der Waals surface area contributed by atoms with E-state index in [-0.39, 0.29) is 10.6 Å². The van der Waals surface area contributed by atoms with Crippen molar-refractivity contribution in [3.05, 3.63) is 40.6 Å². The zero-order valence-corrected chi connectivity index (χ0v) is 12.3. The number of aromatic nitrogens is 3. The van der Waals surface area contributed by atoms with Crippen LogP contribution in [0.15, 0.2) is 30.5 Å². The van der Waals surface area contributed by atoms with E-state index in [9.17, 15) is 10.1 Å². The van der Waals surface area contributed by atoms with Crippen molar-refractivity contribution in [2.75, 3.05) is 6.54 Å². The van der Waals surface area contributed by atoms with E-state index >= 15 is 0 Å². The van der Waals surface area contributed by atoms with Crippen LogP contribution in [0, 0.1) is 10.1 Å². The van der Waals surface area contributed by atoms with E-state index in [2.05, 4.69) is 15.6 Å². The lowest BCUT2D eigenvalue weighted by Gasteiger charge is -2.23. The number of aryl methyl sites for hydroxylation is 1. The Balaban J connectivity index is 1.74. The Labute approximate surface area is 128 Å². The number of nitrogens with zero attached hydrogens (tertiary/aromatic N) is 4. The first-order valence-electron chi connectivity index (χ1n) is 7.61. The number of hydrogen-bond acceptors (Lipinski definition) is 5. The van der Waals surface area contributed by atoms with Crippen molar-refractivity contribution in [2.45, 2.75) is 38.3 Å². The van der Waals surface area contributed by atoms with E-state index in [1.165, 1.54) is 25.3 Å². The number of hydrogen-bond donors (Lipinski definition) is 1. The summed E-state index contributed by atoms with van der Waals surface area (Å²) in [7, 11) is 0. The summed E-state index contributed by atoms with van der Waals surface area (Å²) in [5.41, 5.74) is 1.68. The minimum Gasteiger partial charge on any atom is -0.314 e. The molecule has 1 aliphatic rings. The van der Waals surface area contributed by atoms with E-state index in [0.29, 0.717) is 6.04 Å². The van der Waals surface area contributed by atoms with Crippen LogP contribution in [0.25, 0.3) is 11.3 Å². The Morgan fingerprint density at radius 3 is 3.09 bits per heavy atom. The lowest BCUT2D eigenvalue weighted by atomic mass is 10.0. The predicted molar refractivity (Wildman–Crippen MR) is 82.4 cm³/mol. The molecule has 1 aliphatic heterocycles. The topological polar surface area (TPSA) is 85.9 Å². The quantitative estimate of drug-likeness (QED) is 0.677. The van der Waals surface area contributed by atoms with Crippen molar-refractivity contribution in [2.24, 2.45) is 0 Å². The first-order chi connectivity index (χ1) is 10.7. The fraction of sp³-hybridized carbons (Fsp3) is 0.467. The molecule has 1 atom stereocenters. The predicted octanol–water partition coefficient (Wildman–Crippen LogP) is 2.39. The van der Waals surface area contributed by atoms with Gasteiger partial charge in [-0.2, -0.15) is 0 Å². The van der Waals surface area contributed by atoms with Crippen molar-refractivity contribution in [1.82, 2.24) is 20.3 Å². The molecule has 116 valence electrons. The molecule has 0 aliphatic carbocycles. The van der Waals surface area contributed by atoms with Crippen molar-refractivity contribution in [1.29, 1.82) is 0 Å². The Hall–Kier alpha value is -2.28. The maximum Gasteiger partial charge on any atom is 0.270 e. The normalized spacial score (nSPS) is 18.3. The third kappa shape index (κ3) is 3.30.